The highest BCUT2D eigenvalue weighted by molar-refractivity contribution is 5.48. The van der Waals surface area contributed by atoms with Crippen LogP contribution >= 0.6 is 0 Å². The standard InChI is InChI=1S/C10H13NO.C5H12.C2H6/c1-7-2-3-8-6-9(11)4-5-10(8)12-7;1-5(2,3)4;1-2/h4-7H,2-3,11H2,1H3;1-4H3;1-2H3/t7-;;/m1../s1. The van der Waals surface area contributed by atoms with E-state index in [0.717, 1.165) is 24.3 Å². The summed E-state index contributed by atoms with van der Waals surface area (Å²) in [6.07, 6.45) is 2.53. The molecule has 1 heterocycles. The molecule has 0 amide bonds. The van der Waals surface area contributed by atoms with Gasteiger partial charge in [-0.25, -0.2) is 0 Å². The number of fused-ring (bicyclic) bond motifs is 1. The van der Waals surface area contributed by atoms with Crippen molar-refractivity contribution in [3.63, 3.8) is 0 Å². The predicted octanol–water partition coefficient (Wildman–Crippen LogP) is 5.06. The summed E-state index contributed by atoms with van der Waals surface area (Å²) in [7, 11) is 0. The number of rotatable bonds is 0. The van der Waals surface area contributed by atoms with Crippen LogP contribution in [0.15, 0.2) is 18.2 Å². The molecule has 1 aromatic carbocycles. The Balaban J connectivity index is 0.000000396. The van der Waals surface area contributed by atoms with Crippen LogP contribution in [0.3, 0.4) is 0 Å². The average molecular weight is 265 g/mol. The minimum absolute atomic E-state index is 0.348. The second-order valence-corrected chi connectivity index (χ2v) is 6.33. The molecule has 0 saturated carbocycles. The zero-order valence-corrected chi connectivity index (χ0v) is 13.7. The van der Waals surface area contributed by atoms with Gasteiger partial charge in [-0.3, -0.25) is 0 Å². The van der Waals surface area contributed by atoms with Gasteiger partial charge in [0.05, 0.1) is 6.10 Å². The monoisotopic (exact) mass is 265 g/mol. The van der Waals surface area contributed by atoms with Gasteiger partial charge in [0.25, 0.3) is 0 Å². The highest BCUT2D eigenvalue weighted by Crippen LogP contribution is 2.28. The highest BCUT2D eigenvalue weighted by Gasteiger charge is 2.15. The van der Waals surface area contributed by atoms with E-state index in [1.165, 1.54) is 5.56 Å². The third-order valence-corrected chi connectivity index (χ3v) is 2.23. The predicted molar refractivity (Wildman–Crippen MR) is 85.7 cm³/mol. The lowest BCUT2D eigenvalue weighted by Crippen LogP contribution is -2.18. The fourth-order valence-electron chi connectivity index (χ4n) is 1.54. The average Bonchev–Trinajstić information content (AvgIpc) is 2.30. The van der Waals surface area contributed by atoms with E-state index in [-0.39, 0.29) is 0 Å². The number of benzene rings is 1. The van der Waals surface area contributed by atoms with E-state index < -0.39 is 0 Å². The van der Waals surface area contributed by atoms with Crippen LogP contribution in [0, 0.1) is 5.41 Å². The summed E-state index contributed by atoms with van der Waals surface area (Å²) in [5, 5.41) is 0. The van der Waals surface area contributed by atoms with Crippen LogP contribution in [-0.4, -0.2) is 6.10 Å². The zero-order valence-electron chi connectivity index (χ0n) is 13.7. The van der Waals surface area contributed by atoms with Crippen molar-refractivity contribution in [1.82, 2.24) is 0 Å². The van der Waals surface area contributed by atoms with E-state index in [0.29, 0.717) is 11.5 Å². The van der Waals surface area contributed by atoms with Crippen molar-refractivity contribution in [2.24, 2.45) is 5.41 Å². The van der Waals surface area contributed by atoms with E-state index in [9.17, 15) is 0 Å². The molecule has 2 nitrogen and oxygen atoms in total. The Morgan fingerprint density at radius 2 is 1.68 bits per heavy atom. The molecule has 2 rings (SSSR count). The van der Waals surface area contributed by atoms with Crippen LogP contribution in [0.25, 0.3) is 0 Å². The molecule has 0 aliphatic carbocycles. The van der Waals surface area contributed by atoms with Crippen molar-refractivity contribution in [2.75, 3.05) is 5.73 Å². The molecule has 1 aromatic rings. The summed E-state index contributed by atoms with van der Waals surface area (Å²) in [5.74, 6) is 1.00. The first kappa shape index (κ1) is 17.8. The molecule has 2 heteroatoms. The summed E-state index contributed by atoms with van der Waals surface area (Å²) in [6, 6.07) is 5.85. The first-order valence-corrected chi connectivity index (χ1v) is 7.31. The molecular formula is C17H31NO. The minimum atomic E-state index is 0.348. The molecule has 1 atom stereocenters. The molecule has 0 saturated heterocycles. The van der Waals surface area contributed by atoms with Crippen molar-refractivity contribution in [2.45, 2.75) is 67.4 Å². The smallest absolute Gasteiger partial charge is 0.123 e. The van der Waals surface area contributed by atoms with Gasteiger partial charge in [0.2, 0.25) is 0 Å². The number of nitrogens with two attached hydrogens (primary N) is 1. The maximum absolute atomic E-state index is 5.66. The zero-order chi connectivity index (χ0) is 15.1. The van der Waals surface area contributed by atoms with Crippen molar-refractivity contribution in [3.05, 3.63) is 23.8 Å². The lowest BCUT2D eigenvalue weighted by atomic mass is 10.0. The Morgan fingerprint density at radius 3 is 2.21 bits per heavy atom. The number of nitrogen functional groups attached to an aromatic ring is 1. The van der Waals surface area contributed by atoms with Gasteiger partial charge >= 0.3 is 0 Å². The van der Waals surface area contributed by atoms with E-state index in [2.05, 4.69) is 34.6 Å². The quantitative estimate of drug-likeness (QED) is 0.665. The molecule has 19 heavy (non-hydrogen) atoms. The Bertz CT molecular complexity index is 360. The molecule has 110 valence electrons. The summed E-state index contributed by atoms with van der Waals surface area (Å²) in [6.45, 7) is 14.8. The molecule has 1 aliphatic rings. The molecule has 1 aliphatic heterocycles. The molecule has 0 fully saturated rings. The number of hydrogen-bond acceptors (Lipinski definition) is 2. The maximum atomic E-state index is 5.66. The number of hydrogen-bond donors (Lipinski definition) is 1. The first-order chi connectivity index (χ1) is 8.75. The van der Waals surface area contributed by atoms with Crippen molar-refractivity contribution >= 4 is 5.69 Å². The maximum Gasteiger partial charge on any atom is 0.123 e. The summed E-state index contributed by atoms with van der Waals surface area (Å²) in [4.78, 5) is 0. The Kier molecular flexibility index (Phi) is 7.58. The van der Waals surface area contributed by atoms with Gasteiger partial charge < -0.3 is 10.5 Å². The Labute approximate surface area is 119 Å². The van der Waals surface area contributed by atoms with Crippen molar-refractivity contribution < 1.29 is 4.74 Å². The number of anilines is 1. The molecule has 2 N–H and O–H groups in total. The summed E-state index contributed by atoms with van der Waals surface area (Å²) < 4.78 is 5.63. The molecule has 0 spiro atoms. The van der Waals surface area contributed by atoms with Crippen LogP contribution in [0.1, 0.15) is 60.5 Å². The van der Waals surface area contributed by atoms with E-state index in [4.69, 9.17) is 10.5 Å². The summed E-state index contributed by atoms with van der Waals surface area (Å²) in [5.41, 5.74) is 8.23. The van der Waals surface area contributed by atoms with Gasteiger partial charge in [0.1, 0.15) is 5.75 Å². The molecular weight excluding hydrogens is 234 g/mol. The minimum Gasteiger partial charge on any atom is -0.490 e. The SMILES string of the molecule is CC.CC(C)(C)C.C[C@@H]1CCc2cc(N)ccc2O1. The van der Waals surface area contributed by atoms with Gasteiger partial charge in [-0.15, -0.1) is 0 Å². The lowest BCUT2D eigenvalue weighted by molar-refractivity contribution is 0.192. The lowest BCUT2D eigenvalue weighted by Gasteiger charge is -2.23. The Hall–Kier alpha value is -1.18. The van der Waals surface area contributed by atoms with Gasteiger partial charge in [-0.05, 0) is 48.9 Å². The van der Waals surface area contributed by atoms with Crippen molar-refractivity contribution in [1.29, 1.82) is 0 Å². The van der Waals surface area contributed by atoms with Crippen molar-refractivity contribution in [3.8, 4) is 5.75 Å². The fraction of sp³-hybridized carbons (Fsp3) is 0.647. The molecule has 0 bridgehead atoms. The Morgan fingerprint density at radius 1 is 1.16 bits per heavy atom. The van der Waals surface area contributed by atoms with Crippen LogP contribution < -0.4 is 10.5 Å². The second-order valence-electron chi connectivity index (χ2n) is 6.33. The topological polar surface area (TPSA) is 35.2 Å². The van der Waals surface area contributed by atoms with E-state index in [1.54, 1.807) is 0 Å². The first-order valence-electron chi connectivity index (χ1n) is 7.31. The van der Waals surface area contributed by atoms with Crippen LogP contribution in [-0.2, 0) is 6.42 Å². The van der Waals surface area contributed by atoms with Gasteiger partial charge in [0, 0.05) is 5.69 Å². The van der Waals surface area contributed by atoms with E-state index in [1.807, 2.05) is 32.0 Å². The molecule has 0 radical (unpaired) electrons. The fourth-order valence-corrected chi connectivity index (χ4v) is 1.54. The van der Waals surface area contributed by atoms with Crippen LogP contribution in [0.5, 0.6) is 5.75 Å². The number of ether oxygens (including phenoxy) is 1. The second kappa shape index (κ2) is 8.08. The summed E-state index contributed by atoms with van der Waals surface area (Å²) >= 11 is 0. The van der Waals surface area contributed by atoms with Gasteiger partial charge in [-0.2, -0.15) is 0 Å². The van der Waals surface area contributed by atoms with Gasteiger partial charge in [0.15, 0.2) is 0 Å². The van der Waals surface area contributed by atoms with Crippen LogP contribution in [0.2, 0.25) is 0 Å². The number of aryl methyl sites for hydroxylation is 1. The highest BCUT2D eigenvalue weighted by atomic mass is 16.5. The largest absolute Gasteiger partial charge is 0.490 e. The normalized spacial score (nSPS) is 16.9. The van der Waals surface area contributed by atoms with E-state index >= 15 is 0 Å². The van der Waals surface area contributed by atoms with Crippen LogP contribution in [0.4, 0.5) is 5.69 Å². The molecule has 0 unspecified atom stereocenters. The third-order valence-electron chi connectivity index (χ3n) is 2.23. The third kappa shape index (κ3) is 8.52. The molecule has 0 aromatic heterocycles. The van der Waals surface area contributed by atoms with Gasteiger partial charge in [-0.1, -0.05) is 41.5 Å².